The number of rotatable bonds is 2. The molecule has 0 N–H and O–H groups in total. The lowest BCUT2D eigenvalue weighted by molar-refractivity contribution is 0.823. The quantitative estimate of drug-likeness (QED) is 0.631. The number of hydrogen-bond donors (Lipinski definition) is 0. The summed E-state index contributed by atoms with van der Waals surface area (Å²) in [7, 11) is 0. The predicted molar refractivity (Wildman–Crippen MR) is 64.1 cm³/mol. The molecule has 0 saturated heterocycles. The molecule has 77 valence electrons. The summed E-state index contributed by atoms with van der Waals surface area (Å²) in [5.74, 6) is 0. The Kier molecular flexibility index (Phi) is 2.18. The van der Waals surface area contributed by atoms with Gasteiger partial charge in [0, 0.05) is 6.54 Å². The van der Waals surface area contributed by atoms with Crippen LogP contribution in [0.4, 0.5) is 0 Å². The molecule has 0 bridgehead atoms. The van der Waals surface area contributed by atoms with E-state index in [1.54, 1.807) is 0 Å². The highest BCUT2D eigenvalue weighted by atomic mass is 15.0. The van der Waals surface area contributed by atoms with Gasteiger partial charge in [-0.3, -0.25) is 0 Å². The molecular weight excluding hydrogens is 196 g/mol. The molecular formula is C14H11N2. The first-order valence-corrected chi connectivity index (χ1v) is 5.29. The van der Waals surface area contributed by atoms with Crippen LogP contribution >= 0.6 is 0 Å². The Morgan fingerprint density at radius 2 is 1.94 bits per heavy atom. The third-order valence-electron chi connectivity index (χ3n) is 2.64. The highest BCUT2D eigenvalue weighted by Crippen LogP contribution is 2.13. The predicted octanol–water partition coefficient (Wildman–Crippen LogP) is 2.88. The first-order chi connectivity index (χ1) is 7.93. The van der Waals surface area contributed by atoms with E-state index in [1.807, 2.05) is 42.7 Å². The van der Waals surface area contributed by atoms with Crippen LogP contribution in [0, 0.1) is 6.07 Å². The number of hydrogen-bond acceptors (Lipinski definition) is 1. The highest BCUT2D eigenvalue weighted by Gasteiger charge is 2.01. The minimum atomic E-state index is 0.821. The Balaban J connectivity index is 2.01. The topological polar surface area (TPSA) is 17.8 Å². The Hall–Kier alpha value is -2.09. The Morgan fingerprint density at radius 3 is 2.81 bits per heavy atom. The molecule has 1 heterocycles. The first kappa shape index (κ1) is 9.16. The summed E-state index contributed by atoms with van der Waals surface area (Å²) in [6.45, 7) is 0.821. The Morgan fingerprint density at radius 1 is 1.06 bits per heavy atom. The van der Waals surface area contributed by atoms with Gasteiger partial charge in [0.2, 0.25) is 0 Å². The number of nitrogens with zero attached hydrogens (tertiary/aromatic N) is 2. The van der Waals surface area contributed by atoms with E-state index in [0.717, 1.165) is 12.1 Å². The van der Waals surface area contributed by atoms with Gasteiger partial charge in [0.15, 0.2) is 0 Å². The van der Waals surface area contributed by atoms with Gasteiger partial charge in [0.05, 0.1) is 17.4 Å². The van der Waals surface area contributed by atoms with Crippen molar-refractivity contribution in [2.45, 2.75) is 6.54 Å². The van der Waals surface area contributed by atoms with Gasteiger partial charge in [0.25, 0.3) is 0 Å². The van der Waals surface area contributed by atoms with Crippen LogP contribution in [0.2, 0.25) is 0 Å². The Labute approximate surface area is 94.2 Å². The van der Waals surface area contributed by atoms with Crippen molar-refractivity contribution in [3.05, 3.63) is 66.5 Å². The fourth-order valence-corrected chi connectivity index (χ4v) is 1.85. The second-order valence-corrected chi connectivity index (χ2v) is 3.75. The third-order valence-corrected chi connectivity index (χ3v) is 2.64. The lowest BCUT2D eigenvalue weighted by atomic mass is 10.2. The molecule has 0 saturated carbocycles. The van der Waals surface area contributed by atoms with Crippen molar-refractivity contribution in [3.8, 4) is 0 Å². The lowest BCUT2D eigenvalue weighted by Crippen LogP contribution is -1.97. The van der Waals surface area contributed by atoms with Crippen molar-refractivity contribution >= 4 is 11.0 Å². The van der Waals surface area contributed by atoms with Crippen LogP contribution in [-0.4, -0.2) is 9.55 Å². The maximum Gasteiger partial charge on any atom is 0.0961 e. The van der Waals surface area contributed by atoms with Crippen molar-refractivity contribution in [1.82, 2.24) is 9.55 Å². The average Bonchev–Trinajstić information content (AvgIpc) is 2.74. The summed E-state index contributed by atoms with van der Waals surface area (Å²) >= 11 is 0. The van der Waals surface area contributed by atoms with Gasteiger partial charge in [-0.2, -0.15) is 0 Å². The van der Waals surface area contributed by atoms with Crippen molar-refractivity contribution in [2.75, 3.05) is 0 Å². The highest BCUT2D eigenvalue weighted by molar-refractivity contribution is 5.75. The fourth-order valence-electron chi connectivity index (χ4n) is 1.85. The van der Waals surface area contributed by atoms with E-state index in [-0.39, 0.29) is 0 Å². The Bertz CT molecular complexity index is 596. The molecule has 3 rings (SSSR count). The van der Waals surface area contributed by atoms with Gasteiger partial charge in [-0.25, -0.2) is 4.98 Å². The molecule has 0 atom stereocenters. The van der Waals surface area contributed by atoms with Gasteiger partial charge in [-0.05, 0) is 23.8 Å². The molecule has 1 aromatic heterocycles. The number of fused-ring (bicyclic) bond motifs is 1. The molecule has 1 radical (unpaired) electrons. The first-order valence-electron chi connectivity index (χ1n) is 5.29. The van der Waals surface area contributed by atoms with E-state index < -0.39 is 0 Å². The van der Waals surface area contributed by atoms with Crippen LogP contribution < -0.4 is 0 Å². The fraction of sp³-hybridized carbons (Fsp3) is 0.0714. The maximum absolute atomic E-state index is 4.36. The van der Waals surface area contributed by atoms with Crippen LogP contribution in [-0.2, 0) is 6.54 Å². The van der Waals surface area contributed by atoms with Crippen molar-refractivity contribution < 1.29 is 0 Å². The van der Waals surface area contributed by atoms with Crippen LogP contribution in [0.1, 0.15) is 5.56 Å². The summed E-state index contributed by atoms with van der Waals surface area (Å²) in [6, 6.07) is 19.4. The average molecular weight is 207 g/mol. The second kappa shape index (κ2) is 3.81. The summed E-state index contributed by atoms with van der Waals surface area (Å²) in [5, 5.41) is 0. The number of aromatic nitrogens is 2. The summed E-state index contributed by atoms with van der Waals surface area (Å²) < 4.78 is 2.14. The number of benzene rings is 2. The van der Waals surface area contributed by atoms with Gasteiger partial charge in [-0.1, -0.05) is 36.4 Å². The largest absolute Gasteiger partial charge is 0.326 e. The van der Waals surface area contributed by atoms with Crippen molar-refractivity contribution in [2.24, 2.45) is 0 Å². The van der Waals surface area contributed by atoms with Gasteiger partial charge < -0.3 is 4.57 Å². The summed E-state index contributed by atoms with van der Waals surface area (Å²) in [6.07, 6.45) is 1.88. The van der Waals surface area contributed by atoms with Gasteiger partial charge in [0.1, 0.15) is 0 Å². The summed E-state index contributed by atoms with van der Waals surface area (Å²) in [4.78, 5) is 4.36. The smallest absolute Gasteiger partial charge is 0.0961 e. The lowest BCUT2D eigenvalue weighted by Gasteiger charge is -2.03. The van der Waals surface area contributed by atoms with Crippen LogP contribution in [0.3, 0.4) is 0 Å². The van der Waals surface area contributed by atoms with E-state index >= 15 is 0 Å². The van der Waals surface area contributed by atoms with E-state index in [0.29, 0.717) is 0 Å². The van der Waals surface area contributed by atoms with Crippen LogP contribution in [0.5, 0.6) is 0 Å². The zero-order valence-electron chi connectivity index (χ0n) is 8.80. The molecule has 16 heavy (non-hydrogen) atoms. The SMILES string of the molecule is [c]1ccccc1Cn1cnc2ccccc21. The van der Waals surface area contributed by atoms with Crippen LogP contribution in [0.15, 0.2) is 54.9 Å². The molecule has 0 aliphatic carbocycles. The van der Waals surface area contributed by atoms with Crippen molar-refractivity contribution in [3.63, 3.8) is 0 Å². The standard InChI is InChI=1S/C14H11N2/c1-2-6-12(7-3-1)10-16-11-15-13-8-4-5-9-14(13)16/h1-6,8-9,11H,10H2. The van der Waals surface area contributed by atoms with E-state index in [1.165, 1.54) is 11.1 Å². The molecule has 2 aromatic carbocycles. The van der Waals surface area contributed by atoms with E-state index in [4.69, 9.17) is 0 Å². The molecule has 0 spiro atoms. The molecule has 0 amide bonds. The molecule has 0 unspecified atom stereocenters. The molecule has 0 fully saturated rings. The molecule has 2 heteroatoms. The number of imidazole rings is 1. The number of para-hydroxylation sites is 2. The molecule has 0 aliphatic rings. The molecule has 2 nitrogen and oxygen atoms in total. The zero-order valence-corrected chi connectivity index (χ0v) is 8.80. The van der Waals surface area contributed by atoms with Gasteiger partial charge >= 0.3 is 0 Å². The molecule has 0 aliphatic heterocycles. The zero-order chi connectivity index (χ0) is 10.8. The van der Waals surface area contributed by atoms with Crippen LogP contribution in [0.25, 0.3) is 11.0 Å². The van der Waals surface area contributed by atoms with E-state index in [9.17, 15) is 0 Å². The van der Waals surface area contributed by atoms with Crippen molar-refractivity contribution in [1.29, 1.82) is 0 Å². The minimum absolute atomic E-state index is 0.821. The van der Waals surface area contributed by atoms with Gasteiger partial charge in [-0.15, -0.1) is 0 Å². The normalized spacial score (nSPS) is 10.8. The molecule has 3 aromatic rings. The third kappa shape index (κ3) is 1.58. The van der Waals surface area contributed by atoms with E-state index in [2.05, 4.69) is 27.8 Å². The minimum Gasteiger partial charge on any atom is -0.326 e. The maximum atomic E-state index is 4.36. The summed E-state index contributed by atoms with van der Waals surface area (Å²) in [5.41, 5.74) is 3.38. The monoisotopic (exact) mass is 207 g/mol. The second-order valence-electron chi connectivity index (χ2n) is 3.75.